The van der Waals surface area contributed by atoms with Crippen LogP contribution in [0.25, 0.3) is 0 Å². The van der Waals surface area contributed by atoms with E-state index in [1.54, 1.807) is 36.0 Å². The molecule has 0 aliphatic rings. The number of benzene rings is 2. The van der Waals surface area contributed by atoms with Gasteiger partial charge in [0, 0.05) is 15.9 Å². The van der Waals surface area contributed by atoms with Crippen molar-refractivity contribution in [2.24, 2.45) is 0 Å². The van der Waals surface area contributed by atoms with Crippen molar-refractivity contribution in [3.63, 3.8) is 0 Å². The van der Waals surface area contributed by atoms with Crippen molar-refractivity contribution < 1.29 is 8.42 Å². The minimum Gasteiger partial charge on any atom is -0.267 e. The van der Waals surface area contributed by atoms with Crippen molar-refractivity contribution in [3.8, 4) is 0 Å². The first-order chi connectivity index (χ1) is 9.98. The van der Waals surface area contributed by atoms with Crippen LogP contribution < -0.4 is 4.31 Å². The molecule has 0 N–H and O–H groups in total. The Morgan fingerprint density at radius 2 is 1.62 bits per heavy atom. The summed E-state index contributed by atoms with van der Waals surface area (Å²) in [7, 11) is -3.53. The second-order valence-corrected chi connectivity index (χ2v) is 7.98. The molecular formula is C15H16BrNO2S2. The number of anilines is 1. The van der Waals surface area contributed by atoms with Crippen molar-refractivity contribution in [2.75, 3.05) is 17.1 Å². The van der Waals surface area contributed by atoms with Gasteiger partial charge in [0.05, 0.1) is 10.6 Å². The average Bonchev–Trinajstić information content (AvgIpc) is 2.50. The number of rotatable bonds is 5. The number of halogens is 1. The second kappa shape index (κ2) is 6.85. The van der Waals surface area contributed by atoms with Gasteiger partial charge in [-0.25, -0.2) is 8.42 Å². The molecule has 0 unspecified atom stereocenters. The summed E-state index contributed by atoms with van der Waals surface area (Å²) in [4.78, 5) is 1.35. The van der Waals surface area contributed by atoms with Crippen molar-refractivity contribution in [1.29, 1.82) is 0 Å². The minimum absolute atomic E-state index is 0.310. The number of hydrogen-bond donors (Lipinski definition) is 0. The van der Waals surface area contributed by atoms with Gasteiger partial charge in [0.25, 0.3) is 10.0 Å². The van der Waals surface area contributed by atoms with Crippen LogP contribution >= 0.6 is 27.7 Å². The summed E-state index contributed by atoms with van der Waals surface area (Å²) < 4.78 is 27.8. The molecule has 0 heterocycles. The van der Waals surface area contributed by atoms with Gasteiger partial charge >= 0.3 is 0 Å². The molecule has 0 atom stereocenters. The zero-order chi connectivity index (χ0) is 15.5. The Balaban J connectivity index is 2.41. The van der Waals surface area contributed by atoms with Gasteiger partial charge < -0.3 is 0 Å². The maximum absolute atomic E-state index is 12.8. The Morgan fingerprint density at radius 3 is 2.10 bits per heavy atom. The molecular weight excluding hydrogens is 370 g/mol. The first-order valence-corrected chi connectivity index (χ1v) is 9.87. The Bertz CT molecular complexity index is 697. The minimum atomic E-state index is -3.53. The van der Waals surface area contributed by atoms with Gasteiger partial charge in [-0.05, 0) is 61.7 Å². The Hall–Kier alpha value is -0.980. The number of sulfonamides is 1. The SMILES string of the molecule is CCN(c1ccc(Br)cc1)S(=O)(=O)c1ccc(SC)cc1. The fraction of sp³-hybridized carbons (Fsp3) is 0.200. The van der Waals surface area contributed by atoms with Crippen LogP contribution in [0, 0.1) is 0 Å². The van der Waals surface area contributed by atoms with Crippen LogP contribution in [-0.2, 0) is 10.0 Å². The van der Waals surface area contributed by atoms with Crippen LogP contribution in [-0.4, -0.2) is 21.2 Å². The molecule has 0 bridgehead atoms. The molecule has 3 nitrogen and oxygen atoms in total. The lowest BCUT2D eigenvalue weighted by molar-refractivity contribution is 0.592. The summed E-state index contributed by atoms with van der Waals surface area (Å²) in [6.07, 6.45) is 1.96. The van der Waals surface area contributed by atoms with Crippen LogP contribution in [0.5, 0.6) is 0 Å². The van der Waals surface area contributed by atoms with Crippen molar-refractivity contribution in [2.45, 2.75) is 16.7 Å². The summed E-state index contributed by atoms with van der Waals surface area (Å²) in [5, 5.41) is 0. The van der Waals surface area contributed by atoms with E-state index in [9.17, 15) is 8.42 Å². The predicted octanol–water partition coefficient (Wildman–Crippen LogP) is 4.39. The topological polar surface area (TPSA) is 37.4 Å². The average molecular weight is 386 g/mol. The molecule has 0 aromatic heterocycles. The van der Waals surface area contributed by atoms with Crippen LogP contribution in [0.1, 0.15) is 6.92 Å². The second-order valence-electron chi connectivity index (χ2n) is 4.32. The van der Waals surface area contributed by atoms with Gasteiger partial charge in [-0.15, -0.1) is 11.8 Å². The van der Waals surface area contributed by atoms with Gasteiger partial charge in [0.2, 0.25) is 0 Å². The summed E-state index contributed by atoms with van der Waals surface area (Å²) >= 11 is 4.94. The molecule has 2 aromatic rings. The smallest absolute Gasteiger partial charge is 0.264 e. The molecule has 2 rings (SSSR count). The van der Waals surface area contributed by atoms with Crippen LogP contribution in [0.3, 0.4) is 0 Å². The van der Waals surface area contributed by atoms with Crippen molar-refractivity contribution in [3.05, 3.63) is 53.0 Å². The fourth-order valence-electron chi connectivity index (χ4n) is 1.97. The van der Waals surface area contributed by atoms with E-state index in [1.807, 2.05) is 37.4 Å². The normalized spacial score (nSPS) is 11.4. The molecule has 6 heteroatoms. The zero-order valence-corrected chi connectivity index (χ0v) is 15.0. The molecule has 21 heavy (non-hydrogen) atoms. The van der Waals surface area contributed by atoms with E-state index < -0.39 is 10.0 Å². The number of hydrogen-bond acceptors (Lipinski definition) is 3. The first kappa shape index (κ1) is 16.4. The van der Waals surface area contributed by atoms with E-state index in [0.717, 1.165) is 9.37 Å². The van der Waals surface area contributed by atoms with E-state index in [4.69, 9.17) is 0 Å². The lowest BCUT2D eigenvalue weighted by Crippen LogP contribution is -2.30. The third-order valence-corrected chi connectivity index (χ3v) is 6.24. The van der Waals surface area contributed by atoms with Crippen LogP contribution in [0.2, 0.25) is 0 Å². The fourth-order valence-corrected chi connectivity index (χ4v) is 4.12. The lowest BCUT2D eigenvalue weighted by Gasteiger charge is -2.23. The maximum atomic E-state index is 12.8. The van der Waals surface area contributed by atoms with Gasteiger partial charge in [-0.2, -0.15) is 0 Å². The quantitative estimate of drug-likeness (QED) is 0.716. The highest BCUT2D eigenvalue weighted by Crippen LogP contribution is 2.26. The highest BCUT2D eigenvalue weighted by molar-refractivity contribution is 9.10. The number of thioether (sulfide) groups is 1. The van der Waals surface area contributed by atoms with Gasteiger partial charge in [-0.1, -0.05) is 15.9 Å². The van der Waals surface area contributed by atoms with Crippen LogP contribution in [0.15, 0.2) is 62.8 Å². The van der Waals surface area contributed by atoms with E-state index in [2.05, 4.69) is 15.9 Å². The highest BCUT2D eigenvalue weighted by Gasteiger charge is 2.23. The lowest BCUT2D eigenvalue weighted by atomic mass is 10.3. The van der Waals surface area contributed by atoms with Gasteiger partial charge in [0.15, 0.2) is 0 Å². The Morgan fingerprint density at radius 1 is 1.05 bits per heavy atom. The molecule has 0 saturated heterocycles. The van der Waals surface area contributed by atoms with Crippen LogP contribution in [0.4, 0.5) is 5.69 Å². The van der Waals surface area contributed by atoms with Gasteiger partial charge in [-0.3, -0.25) is 4.31 Å². The number of nitrogens with zero attached hydrogens (tertiary/aromatic N) is 1. The molecule has 0 fully saturated rings. The molecule has 0 aliphatic carbocycles. The highest BCUT2D eigenvalue weighted by atomic mass is 79.9. The molecule has 0 amide bonds. The summed E-state index contributed by atoms with van der Waals surface area (Å²) in [6, 6.07) is 14.2. The zero-order valence-electron chi connectivity index (χ0n) is 11.8. The van der Waals surface area contributed by atoms with Crippen molar-refractivity contribution >= 4 is 43.4 Å². The van der Waals surface area contributed by atoms with E-state index >= 15 is 0 Å². The van der Waals surface area contributed by atoms with E-state index in [0.29, 0.717) is 17.1 Å². The molecule has 112 valence electrons. The molecule has 0 radical (unpaired) electrons. The Labute approximate surface area is 138 Å². The third-order valence-electron chi connectivity index (χ3n) is 3.05. The monoisotopic (exact) mass is 385 g/mol. The molecule has 0 spiro atoms. The molecule has 0 saturated carbocycles. The molecule has 0 aliphatic heterocycles. The third kappa shape index (κ3) is 3.62. The van der Waals surface area contributed by atoms with Crippen molar-refractivity contribution in [1.82, 2.24) is 0 Å². The summed E-state index contributed by atoms with van der Waals surface area (Å²) in [5.41, 5.74) is 0.662. The summed E-state index contributed by atoms with van der Waals surface area (Å²) in [6.45, 7) is 2.21. The predicted molar refractivity (Wildman–Crippen MR) is 92.6 cm³/mol. The van der Waals surface area contributed by atoms with E-state index in [-0.39, 0.29) is 0 Å². The molecule has 2 aromatic carbocycles. The maximum Gasteiger partial charge on any atom is 0.264 e. The van der Waals surface area contributed by atoms with E-state index in [1.165, 1.54) is 4.31 Å². The summed E-state index contributed by atoms with van der Waals surface area (Å²) in [5.74, 6) is 0. The Kier molecular flexibility index (Phi) is 5.35. The standard InChI is InChI=1S/C15H16BrNO2S2/c1-3-17(13-6-4-12(16)5-7-13)21(18,19)15-10-8-14(20-2)9-11-15/h4-11H,3H2,1-2H3. The van der Waals surface area contributed by atoms with Gasteiger partial charge in [0.1, 0.15) is 0 Å². The first-order valence-electron chi connectivity index (χ1n) is 6.41. The largest absolute Gasteiger partial charge is 0.267 e.